The first-order valence-electron chi connectivity index (χ1n) is 8.07. The molecule has 0 aromatic heterocycles. The van der Waals surface area contributed by atoms with Gasteiger partial charge in [-0.1, -0.05) is 18.2 Å². The summed E-state index contributed by atoms with van der Waals surface area (Å²) in [5, 5.41) is 0. The molecule has 2 aliphatic rings. The number of hydrogen-bond acceptors (Lipinski definition) is 3. The van der Waals surface area contributed by atoms with Crippen LogP contribution < -0.4 is 0 Å². The Kier molecular flexibility index (Phi) is 3.56. The number of carbonyl (C=O) groups is 2. The van der Waals surface area contributed by atoms with Gasteiger partial charge in [0.05, 0.1) is 12.1 Å². The van der Waals surface area contributed by atoms with E-state index in [0.29, 0.717) is 24.9 Å². The number of likely N-dealkylation sites (tertiary alicyclic amines) is 1. The lowest BCUT2D eigenvalue weighted by atomic mass is 9.85. The predicted molar refractivity (Wildman–Crippen MR) is 85.0 cm³/mol. The number of carbonyl (C=O) groups excluding carboxylic acids is 2. The molecule has 6 heteroatoms. The molecule has 25 heavy (non-hydrogen) atoms. The third-order valence-electron chi connectivity index (χ3n) is 4.83. The maximum Gasteiger partial charge on any atom is 0.339 e. The Morgan fingerprint density at radius 2 is 1.92 bits per heavy atom. The number of hydrogen-bond donors (Lipinski definition) is 0. The molecule has 0 bridgehead atoms. The summed E-state index contributed by atoms with van der Waals surface area (Å²) in [6.07, 6.45) is 1.27. The molecule has 4 nitrogen and oxygen atoms in total. The Balaban J connectivity index is 1.65. The summed E-state index contributed by atoms with van der Waals surface area (Å²) in [6.45, 7) is 0.673. The van der Waals surface area contributed by atoms with Gasteiger partial charge in [-0.25, -0.2) is 13.6 Å². The van der Waals surface area contributed by atoms with Gasteiger partial charge in [-0.3, -0.25) is 4.79 Å². The van der Waals surface area contributed by atoms with Crippen LogP contribution in [0.15, 0.2) is 42.5 Å². The van der Waals surface area contributed by atoms with Crippen molar-refractivity contribution in [1.29, 1.82) is 0 Å². The van der Waals surface area contributed by atoms with Crippen molar-refractivity contribution in [2.75, 3.05) is 13.1 Å². The Morgan fingerprint density at radius 3 is 2.72 bits per heavy atom. The standard InChI is InChI=1S/C19H15F2NO3/c20-15-7-6-12(10-16(15)21)17(23)22-9-3-8-19(11-22)14-5-2-1-4-13(14)18(24)25-19/h1-2,4-7,10H,3,8-9,11H2/t19-/m0/s1. The third-order valence-corrected chi connectivity index (χ3v) is 4.83. The summed E-state index contributed by atoms with van der Waals surface area (Å²) in [4.78, 5) is 26.4. The van der Waals surface area contributed by atoms with Crippen molar-refractivity contribution in [3.63, 3.8) is 0 Å². The van der Waals surface area contributed by atoms with Crippen LogP contribution >= 0.6 is 0 Å². The summed E-state index contributed by atoms with van der Waals surface area (Å²) in [6, 6.07) is 10.2. The van der Waals surface area contributed by atoms with Crippen LogP contribution in [0.3, 0.4) is 0 Å². The topological polar surface area (TPSA) is 46.6 Å². The fourth-order valence-corrected chi connectivity index (χ4v) is 3.66. The molecule has 1 atom stereocenters. The van der Waals surface area contributed by atoms with Crippen molar-refractivity contribution in [2.24, 2.45) is 0 Å². The lowest BCUT2D eigenvalue weighted by Crippen LogP contribution is -2.48. The van der Waals surface area contributed by atoms with E-state index in [1.54, 1.807) is 12.1 Å². The predicted octanol–water partition coefficient (Wildman–Crippen LogP) is 3.27. The first-order valence-corrected chi connectivity index (χ1v) is 8.07. The zero-order valence-electron chi connectivity index (χ0n) is 13.3. The molecule has 0 saturated carbocycles. The molecule has 2 aliphatic heterocycles. The lowest BCUT2D eigenvalue weighted by molar-refractivity contribution is -0.0442. The number of benzene rings is 2. The number of ether oxygens (including phenoxy) is 1. The molecule has 4 rings (SSSR count). The number of fused-ring (bicyclic) bond motifs is 2. The molecular formula is C19H15F2NO3. The highest BCUT2D eigenvalue weighted by atomic mass is 19.2. The molecule has 2 aromatic carbocycles. The van der Waals surface area contributed by atoms with Crippen LogP contribution in [0.4, 0.5) is 8.78 Å². The molecule has 0 unspecified atom stereocenters. The van der Waals surface area contributed by atoms with E-state index in [9.17, 15) is 18.4 Å². The van der Waals surface area contributed by atoms with Gasteiger partial charge >= 0.3 is 5.97 Å². The van der Waals surface area contributed by atoms with Gasteiger partial charge in [-0.05, 0) is 37.1 Å². The first-order chi connectivity index (χ1) is 12.0. The number of nitrogens with zero attached hydrogens (tertiary/aromatic N) is 1. The van der Waals surface area contributed by atoms with Crippen LogP contribution in [-0.4, -0.2) is 29.9 Å². The number of rotatable bonds is 1. The summed E-state index contributed by atoms with van der Waals surface area (Å²) >= 11 is 0. The van der Waals surface area contributed by atoms with Crippen molar-refractivity contribution in [3.05, 3.63) is 70.8 Å². The number of halogens is 2. The molecule has 1 spiro atoms. The van der Waals surface area contributed by atoms with Gasteiger partial charge in [0.1, 0.15) is 0 Å². The summed E-state index contributed by atoms with van der Waals surface area (Å²) in [5.74, 6) is -2.85. The molecule has 2 aromatic rings. The Morgan fingerprint density at radius 1 is 1.12 bits per heavy atom. The molecule has 0 aliphatic carbocycles. The van der Waals surface area contributed by atoms with E-state index in [1.807, 2.05) is 12.1 Å². The molecule has 1 fully saturated rings. The second kappa shape index (κ2) is 5.65. The molecule has 128 valence electrons. The zero-order valence-corrected chi connectivity index (χ0v) is 13.3. The Labute approximate surface area is 143 Å². The van der Waals surface area contributed by atoms with E-state index in [-0.39, 0.29) is 12.1 Å². The highest BCUT2D eigenvalue weighted by Crippen LogP contribution is 2.43. The number of piperidine rings is 1. The van der Waals surface area contributed by atoms with Gasteiger partial charge < -0.3 is 9.64 Å². The van der Waals surface area contributed by atoms with Gasteiger partial charge in [0, 0.05) is 17.7 Å². The fraction of sp³-hybridized carbons (Fsp3) is 0.263. The van der Waals surface area contributed by atoms with Crippen molar-refractivity contribution < 1.29 is 23.1 Å². The van der Waals surface area contributed by atoms with Crippen LogP contribution in [0.25, 0.3) is 0 Å². The molecule has 2 heterocycles. The van der Waals surface area contributed by atoms with Crippen molar-refractivity contribution in [1.82, 2.24) is 4.90 Å². The van der Waals surface area contributed by atoms with E-state index < -0.39 is 29.1 Å². The third kappa shape index (κ3) is 2.49. The number of esters is 1. The summed E-state index contributed by atoms with van der Waals surface area (Å²) in [7, 11) is 0. The van der Waals surface area contributed by atoms with Gasteiger partial charge in [0.25, 0.3) is 5.91 Å². The number of amides is 1. The summed E-state index contributed by atoms with van der Waals surface area (Å²) < 4.78 is 32.2. The van der Waals surface area contributed by atoms with Crippen LogP contribution in [-0.2, 0) is 10.3 Å². The largest absolute Gasteiger partial charge is 0.449 e. The van der Waals surface area contributed by atoms with Crippen molar-refractivity contribution in [2.45, 2.75) is 18.4 Å². The fourth-order valence-electron chi connectivity index (χ4n) is 3.66. The maximum atomic E-state index is 13.4. The Bertz CT molecular complexity index is 883. The highest BCUT2D eigenvalue weighted by Gasteiger charge is 2.48. The van der Waals surface area contributed by atoms with Crippen molar-refractivity contribution in [3.8, 4) is 0 Å². The van der Waals surface area contributed by atoms with Crippen molar-refractivity contribution >= 4 is 11.9 Å². The van der Waals surface area contributed by atoms with E-state index in [1.165, 1.54) is 11.0 Å². The average molecular weight is 343 g/mol. The minimum Gasteiger partial charge on any atom is -0.449 e. The zero-order chi connectivity index (χ0) is 17.6. The summed E-state index contributed by atoms with van der Waals surface area (Å²) in [5.41, 5.74) is 0.515. The minimum absolute atomic E-state index is 0.0774. The second-order valence-corrected chi connectivity index (χ2v) is 6.39. The van der Waals surface area contributed by atoms with Gasteiger partial charge in [-0.2, -0.15) is 0 Å². The SMILES string of the molecule is O=C1O[C@]2(CCCN(C(=O)c3ccc(F)c(F)c3)C2)c2ccccc21. The van der Waals surface area contributed by atoms with Crippen LogP contribution in [0.5, 0.6) is 0 Å². The highest BCUT2D eigenvalue weighted by molar-refractivity contribution is 5.96. The van der Waals surface area contributed by atoms with E-state index in [4.69, 9.17) is 4.74 Å². The van der Waals surface area contributed by atoms with E-state index in [0.717, 1.165) is 17.7 Å². The second-order valence-electron chi connectivity index (χ2n) is 6.39. The first kappa shape index (κ1) is 15.7. The molecule has 1 saturated heterocycles. The molecular weight excluding hydrogens is 328 g/mol. The van der Waals surface area contributed by atoms with Crippen LogP contribution in [0.1, 0.15) is 39.1 Å². The normalized spacial score (nSPS) is 22.0. The maximum absolute atomic E-state index is 13.4. The van der Waals surface area contributed by atoms with Gasteiger partial charge in [0.15, 0.2) is 17.2 Å². The quantitative estimate of drug-likeness (QED) is 0.747. The van der Waals surface area contributed by atoms with E-state index >= 15 is 0 Å². The monoisotopic (exact) mass is 343 g/mol. The average Bonchev–Trinajstić information content (AvgIpc) is 2.89. The smallest absolute Gasteiger partial charge is 0.339 e. The van der Waals surface area contributed by atoms with Gasteiger partial charge in [0.2, 0.25) is 0 Å². The van der Waals surface area contributed by atoms with Gasteiger partial charge in [-0.15, -0.1) is 0 Å². The lowest BCUT2D eigenvalue weighted by Gasteiger charge is -2.39. The molecule has 0 radical (unpaired) electrons. The molecule has 1 amide bonds. The van der Waals surface area contributed by atoms with E-state index in [2.05, 4.69) is 0 Å². The minimum atomic E-state index is -1.06. The Hall–Kier alpha value is -2.76. The van der Waals surface area contributed by atoms with Crippen LogP contribution in [0.2, 0.25) is 0 Å². The molecule has 0 N–H and O–H groups in total. The van der Waals surface area contributed by atoms with Crippen LogP contribution in [0, 0.1) is 11.6 Å².